The first-order valence-corrected chi connectivity index (χ1v) is 6.34. The number of hydrogen-bond acceptors (Lipinski definition) is 2. The maximum atomic E-state index is 5.87. The molecule has 0 aliphatic heterocycles. The molecule has 0 spiro atoms. The summed E-state index contributed by atoms with van der Waals surface area (Å²) in [5.41, 5.74) is 8.59. The average molecular weight is 223 g/mol. The third kappa shape index (κ3) is 2.85. The summed E-state index contributed by atoms with van der Waals surface area (Å²) >= 11 is 0. The van der Waals surface area contributed by atoms with Crippen molar-refractivity contribution < 1.29 is 0 Å². The summed E-state index contributed by atoms with van der Waals surface area (Å²) in [7, 11) is 0. The molecule has 3 nitrogen and oxygen atoms in total. The number of nitrogens with two attached hydrogens (primary N) is 1. The van der Waals surface area contributed by atoms with Gasteiger partial charge in [0, 0.05) is 12.2 Å². The fraction of sp³-hybridized carbons (Fsp3) is 0.769. The van der Waals surface area contributed by atoms with Crippen LogP contribution < -0.4 is 5.73 Å². The molecule has 1 unspecified atom stereocenters. The smallest absolute Gasteiger partial charge is 0.0624 e. The normalized spacial score (nSPS) is 15.1. The predicted molar refractivity (Wildman–Crippen MR) is 68.4 cm³/mol. The zero-order valence-electron chi connectivity index (χ0n) is 11.1. The van der Waals surface area contributed by atoms with Crippen molar-refractivity contribution in [1.82, 2.24) is 9.78 Å². The molecule has 1 aromatic heterocycles. The van der Waals surface area contributed by atoms with Gasteiger partial charge in [-0.2, -0.15) is 5.10 Å². The van der Waals surface area contributed by atoms with E-state index in [0.29, 0.717) is 0 Å². The Balaban J connectivity index is 2.90. The molecule has 0 radical (unpaired) electrons. The predicted octanol–water partition coefficient (Wildman–Crippen LogP) is 2.38. The van der Waals surface area contributed by atoms with E-state index in [1.54, 1.807) is 0 Å². The molecule has 1 heterocycles. The summed E-state index contributed by atoms with van der Waals surface area (Å²) in [6.07, 6.45) is 3.14. The Bertz CT molecular complexity index is 324. The zero-order valence-corrected chi connectivity index (χ0v) is 11.1. The van der Waals surface area contributed by atoms with Gasteiger partial charge in [0.15, 0.2) is 0 Å². The lowest BCUT2D eigenvalue weighted by atomic mass is 9.83. The van der Waals surface area contributed by atoms with Crippen LogP contribution in [0.3, 0.4) is 0 Å². The van der Waals surface area contributed by atoms with Gasteiger partial charge in [0.25, 0.3) is 0 Å². The summed E-state index contributed by atoms with van der Waals surface area (Å²) in [6, 6.07) is 2.23. The fourth-order valence-corrected chi connectivity index (χ4v) is 1.88. The van der Waals surface area contributed by atoms with E-state index in [-0.39, 0.29) is 5.41 Å². The molecule has 1 atom stereocenters. The first-order valence-electron chi connectivity index (χ1n) is 6.34. The minimum atomic E-state index is 0.206. The first kappa shape index (κ1) is 13.2. The van der Waals surface area contributed by atoms with Gasteiger partial charge >= 0.3 is 0 Å². The first-order chi connectivity index (χ1) is 7.58. The Hall–Kier alpha value is -0.830. The van der Waals surface area contributed by atoms with Crippen molar-refractivity contribution in [2.24, 2.45) is 11.1 Å². The third-order valence-corrected chi connectivity index (χ3v) is 3.53. The number of rotatable bonds is 6. The lowest BCUT2D eigenvalue weighted by molar-refractivity contribution is 0.311. The van der Waals surface area contributed by atoms with Gasteiger partial charge in [0.05, 0.1) is 5.69 Å². The molecule has 0 saturated carbocycles. The van der Waals surface area contributed by atoms with Crippen molar-refractivity contribution in [3.05, 3.63) is 17.5 Å². The van der Waals surface area contributed by atoms with Gasteiger partial charge < -0.3 is 5.73 Å². The molecule has 92 valence electrons. The Labute approximate surface area is 99.0 Å². The Morgan fingerprint density at radius 3 is 2.50 bits per heavy atom. The summed E-state index contributed by atoms with van der Waals surface area (Å²) < 4.78 is 2.11. The highest BCUT2D eigenvalue weighted by atomic mass is 15.3. The molecule has 16 heavy (non-hydrogen) atoms. The minimum absolute atomic E-state index is 0.206. The van der Waals surface area contributed by atoms with Crippen LogP contribution in [-0.2, 0) is 19.4 Å². The van der Waals surface area contributed by atoms with Gasteiger partial charge in [0.1, 0.15) is 0 Å². The van der Waals surface area contributed by atoms with E-state index in [2.05, 4.69) is 43.5 Å². The van der Waals surface area contributed by atoms with Gasteiger partial charge in [-0.15, -0.1) is 0 Å². The SMILES string of the molecule is CCc1cc(CC(C)(CC)CN)n(CC)n1. The largest absolute Gasteiger partial charge is 0.330 e. The second kappa shape index (κ2) is 5.48. The zero-order chi connectivity index (χ0) is 12.2. The molecule has 0 aliphatic rings. The minimum Gasteiger partial charge on any atom is -0.330 e. The molecule has 0 aliphatic carbocycles. The Morgan fingerprint density at radius 1 is 1.38 bits per heavy atom. The monoisotopic (exact) mass is 223 g/mol. The van der Waals surface area contributed by atoms with Gasteiger partial charge in [-0.05, 0) is 44.2 Å². The number of aromatic nitrogens is 2. The molecule has 0 aromatic carbocycles. The van der Waals surface area contributed by atoms with Crippen LogP contribution in [-0.4, -0.2) is 16.3 Å². The van der Waals surface area contributed by atoms with E-state index in [4.69, 9.17) is 5.73 Å². The quantitative estimate of drug-likeness (QED) is 0.804. The lowest BCUT2D eigenvalue weighted by Gasteiger charge is -2.26. The molecular formula is C13H25N3. The van der Waals surface area contributed by atoms with Crippen molar-refractivity contribution >= 4 is 0 Å². The molecule has 2 N–H and O–H groups in total. The molecule has 3 heteroatoms. The summed E-state index contributed by atoms with van der Waals surface area (Å²) in [6.45, 7) is 10.4. The van der Waals surface area contributed by atoms with Crippen LogP contribution in [0.4, 0.5) is 0 Å². The van der Waals surface area contributed by atoms with Crippen molar-refractivity contribution in [1.29, 1.82) is 0 Å². The van der Waals surface area contributed by atoms with Crippen LogP contribution in [0.5, 0.6) is 0 Å². The molecule has 1 rings (SSSR count). The van der Waals surface area contributed by atoms with Crippen LogP contribution in [0.25, 0.3) is 0 Å². The molecule has 0 bridgehead atoms. The van der Waals surface area contributed by atoms with Gasteiger partial charge in [-0.3, -0.25) is 4.68 Å². The molecule has 1 aromatic rings. The fourth-order valence-electron chi connectivity index (χ4n) is 1.88. The number of nitrogens with zero attached hydrogens (tertiary/aromatic N) is 2. The second-order valence-electron chi connectivity index (χ2n) is 4.84. The van der Waals surface area contributed by atoms with Gasteiger partial charge in [0.2, 0.25) is 0 Å². The van der Waals surface area contributed by atoms with E-state index in [0.717, 1.165) is 32.4 Å². The van der Waals surface area contributed by atoms with Crippen LogP contribution in [0.1, 0.15) is 45.5 Å². The maximum absolute atomic E-state index is 5.87. The van der Waals surface area contributed by atoms with Crippen LogP contribution in [0, 0.1) is 5.41 Å². The van der Waals surface area contributed by atoms with Crippen molar-refractivity contribution in [3.63, 3.8) is 0 Å². The molecule has 0 fully saturated rings. The standard InChI is InChI=1S/C13H25N3/c1-5-11-8-12(16(7-3)15-11)9-13(4,6-2)10-14/h8H,5-7,9-10,14H2,1-4H3. The van der Waals surface area contributed by atoms with E-state index in [1.807, 2.05) is 0 Å². The third-order valence-electron chi connectivity index (χ3n) is 3.53. The highest BCUT2D eigenvalue weighted by Gasteiger charge is 2.22. The highest BCUT2D eigenvalue weighted by Crippen LogP contribution is 2.25. The van der Waals surface area contributed by atoms with Gasteiger partial charge in [-0.25, -0.2) is 0 Å². The second-order valence-corrected chi connectivity index (χ2v) is 4.84. The summed E-state index contributed by atoms with van der Waals surface area (Å²) in [5.74, 6) is 0. The average Bonchev–Trinajstić information content (AvgIpc) is 2.71. The topological polar surface area (TPSA) is 43.8 Å². The van der Waals surface area contributed by atoms with E-state index < -0.39 is 0 Å². The van der Waals surface area contributed by atoms with E-state index >= 15 is 0 Å². The highest BCUT2D eigenvalue weighted by molar-refractivity contribution is 5.12. The van der Waals surface area contributed by atoms with Crippen molar-refractivity contribution in [3.8, 4) is 0 Å². The van der Waals surface area contributed by atoms with E-state index in [9.17, 15) is 0 Å². The summed E-state index contributed by atoms with van der Waals surface area (Å²) in [5, 5.41) is 4.58. The molecule has 0 saturated heterocycles. The van der Waals surface area contributed by atoms with E-state index in [1.165, 1.54) is 11.4 Å². The van der Waals surface area contributed by atoms with Crippen LogP contribution >= 0.6 is 0 Å². The Kier molecular flexibility index (Phi) is 4.54. The van der Waals surface area contributed by atoms with Crippen LogP contribution in [0.2, 0.25) is 0 Å². The Morgan fingerprint density at radius 2 is 2.06 bits per heavy atom. The van der Waals surface area contributed by atoms with Crippen LogP contribution in [0.15, 0.2) is 6.07 Å². The van der Waals surface area contributed by atoms with Crippen molar-refractivity contribution in [2.75, 3.05) is 6.54 Å². The number of aryl methyl sites for hydroxylation is 2. The number of hydrogen-bond donors (Lipinski definition) is 1. The molecular weight excluding hydrogens is 198 g/mol. The molecule has 0 amide bonds. The lowest BCUT2D eigenvalue weighted by Crippen LogP contribution is -2.29. The summed E-state index contributed by atoms with van der Waals surface area (Å²) in [4.78, 5) is 0. The maximum Gasteiger partial charge on any atom is 0.0624 e. The van der Waals surface area contributed by atoms with Gasteiger partial charge in [-0.1, -0.05) is 20.8 Å². The van der Waals surface area contributed by atoms with Crippen molar-refractivity contribution in [2.45, 2.75) is 53.5 Å².